The molecule has 0 aliphatic rings. The number of hydrogen-bond acceptors (Lipinski definition) is 3. The fraction of sp³-hybridized carbons (Fsp3) is 0.500. The number of benzene rings is 1. The van der Waals surface area contributed by atoms with Gasteiger partial charge in [0.1, 0.15) is 0 Å². The Balaban J connectivity index is 2.69. The number of rotatable bonds is 8. The van der Waals surface area contributed by atoms with E-state index < -0.39 is 17.7 Å². The third kappa shape index (κ3) is 6.96. The average molecular weight is 439 g/mol. The molecule has 0 radical (unpaired) electrons. The second kappa shape index (κ2) is 9.35. The Kier molecular flexibility index (Phi) is 8.17. The predicted molar refractivity (Wildman–Crippen MR) is 84.1 cm³/mol. The Hall–Kier alpha value is -0.820. The summed E-state index contributed by atoms with van der Waals surface area (Å²) in [6.45, 7) is 3.76. The minimum absolute atomic E-state index is 0.0151. The van der Waals surface area contributed by atoms with Crippen molar-refractivity contribution in [2.75, 3.05) is 15.2 Å². The van der Waals surface area contributed by atoms with Crippen LogP contribution >= 0.6 is 11.6 Å². The van der Waals surface area contributed by atoms with Gasteiger partial charge in [-0.05, 0) is 0 Å². The molecule has 0 aromatic heterocycles. The van der Waals surface area contributed by atoms with Crippen LogP contribution in [0.1, 0.15) is 19.4 Å². The Morgan fingerprint density at radius 1 is 1.32 bits per heavy atom. The van der Waals surface area contributed by atoms with E-state index in [0.717, 1.165) is 9.99 Å². The maximum atomic E-state index is 12.0. The van der Waals surface area contributed by atoms with E-state index in [0.29, 0.717) is 6.42 Å². The van der Waals surface area contributed by atoms with Gasteiger partial charge in [-0.1, -0.05) is 0 Å². The first-order valence-electron chi connectivity index (χ1n) is 6.94. The molecule has 6 heteroatoms. The summed E-state index contributed by atoms with van der Waals surface area (Å²) in [7, 11) is 0. The van der Waals surface area contributed by atoms with Gasteiger partial charge in [0.15, 0.2) is 0 Å². The molecule has 0 aliphatic carbocycles. The van der Waals surface area contributed by atoms with E-state index in [9.17, 15) is 9.59 Å². The third-order valence-corrected chi connectivity index (χ3v) is 5.78. The number of hydrogen-bond donors (Lipinski definition) is 1. The zero-order valence-electron chi connectivity index (χ0n) is 13.1. The first kappa shape index (κ1) is 19.2. The van der Waals surface area contributed by atoms with Gasteiger partial charge in [-0.15, -0.1) is 0 Å². The van der Waals surface area contributed by atoms with Crippen LogP contribution in [-0.2, 0) is 16.0 Å². The van der Waals surface area contributed by atoms with Crippen LogP contribution in [0.2, 0.25) is 0 Å². The van der Waals surface area contributed by atoms with E-state index in [1.54, 1.807) is 0 Å². The van der Waals surface area contributed by atoms with Gasteiger partial charge < -0.3 is 0 Å². The number of alkyl carbamates (subject to hydrolysis) is 1. The van der Waals surface area contributed by atoms with Crippen LogP contribution in [0.5, 0.6) is 0 Å². The van der Waals surface area contributed by atoms with Crippen LogP contribution < -0.4 is 26.5 Å². The zero-order chi connectivity index (χ0) is 16.6. The van der Waals surface area contributed by atoms with Gasteiger partial charge in [-0.2, -0.15) is 0 Å². The third-order valence-electron chi connectivity index (χ3n) is 2.92. The molecular formula is C16H22ClINO3-. The number of Topliss-reactive ketones (excluding diaryl/α,β-unsaturated/α-hetero) is 1. The van der Waals surface area contributed by atoms with Crippen molar-refractivity contribution in [1.29, 1.82) is 0 Å². The van der Waals surface area contributed by atoms with Gasteiger partial charge in [-0.25, -0.2) is 0 Å². The monoisotopic (exact) mass is 438 g/mol. The minimum atomic E-state index is -0.667. The van der Waals surface area contributed by atoms with Crippen LogP contribution in [0.3, 0.4) is 0 Å². The van der Waals surface area contributed by atoms with Crippen molar-refractivity contribution in [3.63, 3.8) is 0 Å². The first-order chi connectivity index (χ1) is 10.4. The Morgan fingerprint density at radius 2 is 1.95 bits per heavy atom. The molecule has 1 rings (SSSR count). The van der Waals surface area contributed by atoms with E-state index in [1.165, 1.54) is 0 Å². The van der Waals surface area contributed by atoms with Crippen molar-refractivity contribution in [2.45, 2.75) is 31.9 Å². The fourth-order valence-corrected chi connectivity index (χ4v) is 4.14. The molecule has 124 valence electrons. The standard InChI is InChI=1S/C16H22ClINO3/c1-16(2,11-18-3)22-15(21)19-13(14(20)10-17)9-12-7-5-4-6-8-12/h4-8,13H,9-11H2,1-3H3,(H,19,21)/q-1/t13-/m0/s1. The summed E-state index contributed by atoms with van der Waals surface area (Å²) in [6.07, 6.45) is -0.162. The van der Waals surface area contributed by atoms with Crippen LogP contribution in [0.4, 0.5) is 4.79 Å². The SMILES string of the molecule is C[I-]CC(C)(C)OC(=O)N[C@@H](Cc1ccccc1)C(=O)CCl. The summed E-state index contributed by atoms with van der Waals surface area (Å²) in [5, 5.41) is 2.65. The number of halogens is 2. The van der Waals surface area contributed by atoms with Gasteiger partial charge in [0.2, 0.25) is 0 Å². The molecule has 1 amide bonds. The van der Waals surface area contributed by atoms with E-state index in [1.807, 2.05) is 44.2 Å². The predicted octanol–water partition coefficient (Wildman–Crippen LogP) is -0.371. The molecule has 1 aromatic rings. The number of ketones is 1. The molecule has 22 heavy (non-hydrogen) atoms. The van der Waals surface area contributed by atoms with Crippen LogP contribution in [0, 0.1) is 0 Å². The molecule has 1 aromatic carbocycles. The molecule has 0 unspecified atom stereocenters. The van der Waals surface area contributed by atoms with E-state index in [2.05, 4.69) is 10.2 Å². The molecule has 1 N–H and O–H groups in total. The maximum absolute atomic E-state index is 12.0. The van der Waals surface area contributed by atoms with E-state index >= 15 is 0 Å². The van der Waals surface area contributed by atoms with Gasteiger partial charge in [0.05, 0.1) is 0 Å². The van der Waals surface area contributed by atoms with Crippen molar-refractivity contribution in [2.24, 2.45) is 0 Å². The van der Waals surface area contributed by atoms with Crippen LogP contribution in [0.15, 0.2) is 30.3 Å². The molecule has 4 nitrogen and oxygen atoms in total. The second-order valence-electron chi connectivity index (χ2n) is 5.54. The Bertz CT molecular complexity index is 493. The summed E-state index contributed by atoms with van der Waals surface area (Å²) in [5.41, 5.74) is 0.456. The van der Waals surface area contributed by atoms with Gasteiger partial charge >= 0.3 is 147 Å². The Labute approximate surface area is 147 Å². The molecule has 1 atom stereocenters. The topological polar surface area (TPSA) is 55.4 Å². The van der Waals surface area contributed by atoms with Gasteiger partial charge in [0, 0.05) is 0 Å². The first-order valence-corrected chi connectivity index (χ1v) is 11.2. The molecule has 0 heterocycles. The summed E-state index contributed by atoms with van der Waals surface area (Å²) < 4.78 is 6.29. The Morgan fingerprint density at radius 3 is 2.50 bits per heavy atom. The van der Waals surface area contributed by atoms with Gasteiger partial charge in [0.25, 0.3) is 0 Å². The molecule has 0 bridgehead atoms. The van der Waals surface area contributed by atoms with Crippen molar-refractivity contribution in [3.05, 3.63) is 35.9 Å². The van der Waals surface area contributed by atoms with Crippen molar-refractivity contribution in [1.82, 2.24) is 5.32 Å². The molecule has 0 aliphatic heterocycles. The number of carbonyl (C=O) groups excluding carboxylic acids is 2. The number of nitrogens with one attached hydrogen (secondary N) is 1. The molecular weight excluding hydrogens is 417 g/mol. The van der Waals surface area contributed by atoms with Crippen LogP contribution in [0.25, 0.3) is 0 Å². The summed E-state index contributed by atoms with van der Waals surface area (Å²) in [4.78, 5) is 26.1. The van der Waals surface area contributed by atoms with Crippen LogP contribution in [-0.4, -0.2) is 38.8 Å². The number of carbonyl (C=O) groups is 2. The normalized spacial score (nSPS) is 12.7. The second-order valence-corrected chi connectivity index (χ2v) is 8.09. The van der Waals surface area contributed by atoms with Crippen molar-refractivity contribution >= 4 is 23.5 Å². The van der Waals surface area contributed by atoms with E-state index in [-0.39, 0.29) is 32.9 Å². The number of amides is 1. The van der Waals surface area contributed by atoms with Gasteiger partial charge in [-0.3, -0.25) is 0 Å². The van der Waals surface area contributed by atoms with Crippen molar-refractivity contribution < 1.29 is 35.5 Å². The summed E-state index contributed by atoms with van der Waals surface area (Å²) >= 11 is 5.66. The summed E-state index contributed by atoms with van der Waals surface area (Å²) in [6, 6.07) is 8.84. The zero-order valence-corrected chi connectivity index (χ0v) is 16.0. The number of ether oxygens (including phenoxy) is 1. The molecule has 0 saturated heterocycles. The summed E-state index contributed by atoms with van der Waals surface area (Å²) in [5.74, 6) is -0.357. The average Bonchev–Trinajstić information content (AvgIpc) is 2.46. The molecule has 0 spiro atoms. The molecule has 0 fully saturated rings. The van der Waals surface area contributed by atoms with Crippen molar-refractivity contribution in [3.8, 4) is 0 Å². The molecule has 0 saturated carbocycles. The van der Waals surface area contributed by atoms with E-state index in [4.69, 9.17) is 16.3 Å². The quantitative estimate of drug-likeness (QED) is 0.445. The number of alkyl halides is 3. The fourth-order valence-electron chi connectivity index (χ4n) is 1.96.